The van der Waals surface area contributed by atoms with Crippen molar-refractivity contribution in [3.63, 3.8) is 0 Å². The Balaban J connectivity index is 1.80. The minimum atomic E-state index is -0.217. The SMILES string of the molecule is O=C(c1cccn1C1CCC1)N1CCOCC1CO. The number of hydrogen-bond donors (Lipinski definition) is 1. The summed E-state index contributed by atoms with van der Waals surface area (Å²) in [7, 11) is 0. The van der Waals surface area contributed by atoms with E-state index in [0.717, 1.165) is 18.5 Å². The van der Waals surface area contributed by atoms with Crippen molar-refractivity contribution in [3.05, 3.63) is 24.0 Å². The summed E-state index contributed by atoms with van der Waals surface area (Å²) in [5.41, 5.74) is 0.741. The van der Waals surface area contributed by atoms with Gasteiger partial charge in [-0.25, -0.2) is 0 Å². The van der Waals surface area contributed by atoms with E-state index in [9.17, 15) is 9.90 Å². The molecule has 1 N–H and O–H groups in total. The molecular formula is C14H20N2O3. The molecule has 0 aromatic carbocycles. The van der Waals surface area contributed by atoms with E-state index >= 15 is 0 Å². The second-order valence-corrected chi connectivity index (χ2v) is 5.30. The van der Waals surface area contributed by atoms with Crippen LogP contribution in [0.4, 0.5) is 0 Å². The molecule has 104 valence electrons. The van der Waals surface area contributed by atoms with Crippen LogP contribution in [0.2, 0.25) is 0 Å². The predicted molar refractivity (Wildman–Crippen MR) is 70.0 cm³/mol. The van der Waals surface area contributed by atoms with Crippen molar-refractivity contribution < 1.29 is 14.6 Å². The summed E-state index contributed by atoms with van der Waals surface area (Å²) in [5.74, 6) is 0.0132. The Labute approximate surface area is 112 Å². The van der Waals surface area contributed by atoms with Gasteiger partial charge in [0.1, 0.15) is 5.69 Å². The van der Waals surface area contributed by atoms with Gasteiger partial charge in [-0.1, -0.05) is 0 Å². The van der Waals surface area contributed by atoms with Crippen LogP contribution in [0.25, 0.3) is 0 Å². The van der Waals surface area contributed by atoms with Crippen LogP contribution >= 0.6 is 0 Å². The predicted octanol–water partition coefficient (Wildman–Crippen LogP) is 1.05. The van der Waals surface area contributed by atoms with Gasteiger partial charge in [-0.05, 0) is 31.4 Å². The standard InChI is InChI=1S/C14H20N2O3/c17-9-12-10-19-8-7-16(12)14(18)13-5-2-6-15(13)11-3-1-4-11/h2,5-6,11-12,17H,1,3-4,7-10H2. The van der Waals surface area contributed by atoms with E-state index in [2.05, 4.69) is 4.57 Å². The molecule has 19 heavy (non-hydrogen) atoms. The lowest BCUT2D eigenvalue weighted by atomic mass is 9.93. The van der Waals surface area contributed by atoms with E-state index in [-0.39, 0.29) is 18.6 Å². The second kappa shape index (κ2) is 5.35. The molecule has 2 aliphatic rings. The van der Waals surface area contributed by atoms with E-state index in [0.29, 0.717) is 25.8 Å². The summed E-state index contributed by atoms with van der Waals surface area (Å²) in [6.45, 7) is 1.48. The van der Waals surface area contributed by atoms with Crippen LogP contribution in [0.5, 0.6) is 0 Å². The minimum absolute atomic E-state index is 0.0132. The molecule has 5 heteroatoms. The molecule has 1 aliphatic carbocycles. The fraction of sp³-hybridized carbons (Fsp3) is 0.643. The largest absolute Gasteiger partial charge is 0.394 e. The Morgan fingerprint density at radius 3 is 3.00 bits per heavy atom. The Kier molecular flexibility index (Phi) is 3.57. The average molecular weight is 264 g/mol. The van der Waals surface area contributed by atoms with Gasteiger partial charge in [0.15, 0.2) is 0 Å². The van der Waals surface area contributed by atoms with Gasteiger partial charge in [-0.15, -0.1) is 0 Å². The van der Waals surface area contributed by atoms with E-state index < -0.39 is 0 Å². The van der Waals surface area contributed by atoms with Gasteiger partial charge in [-0.2, -0.15) is 0 Å². The summed E-state index contributed by atoms with van der Waals surface area (Å²) < 4.78 is 7.41. The number of carbonyl (C=O) groups is 1. The van der Waals surface area contributed by atoms with Crippen molar-refractivity contribution in [2.45, 2.75) is 31.3 Å². The first-order chi connectivity index (χ1) is 9.31. The molecule has 2 fully saturated rings. The van der Waals surface area contributed by atoms with Crippen molar-refractivity contribution in [3.8, 4) is 0 Å². The van der Waals surface area contributed by atoms with Crippen LogP contribution in [0.15, 0.2) is 18.3 Å². The van der Waals surface area contributed by atoms with Crippen molar-refractivity contribution >= 4 is 5.91 Å². The van der Waals surface area contributed by atoms with E-state index in [1.165, 1.54) is 6.42 Å². The van der Waals surface area contributed by atoms with Gasteiger partial charge in [0.25, 0.3) is 5.91 Å². The maximum Gasteiger partial charge on any atom is 0.270 e. The molecule has 0 radical (unpaired) electrons. The Hall–Kier alpha value is -1.33. The number of morpholine rings is 1. The fourth-order valence-corrected chi connectivity index (χ4v) is 2.78. The normalized spacial score (nSPS) is 24.3. The molecule has 5 nitrogen and oxygen atoms in total. The van der Waals surface area contributed by atoms with Gasteiger partial charge >= 0.3 is 0 Å². The third kappa shape index (κ3) is 2.28. The van der Waals surface area contributed by atoms with Crippen molar-refractivity contribution in [1.29, 1.82) is 0 Å². The molecule has 1 aliphatic heterocycles. The topological polar surface area (TPSA) is 54.7 Å². The summed E-state index contributed by atoms with van der Waals surface area (Å²) in [4.78, 5) is 14.4. The molecule has 3 rings (SSSR count). The van der Waals surface area contributed by atoms with Crippen molar-refractivity contribution in [1.82, 2.24) is 9.47 Å². The lowest BCUT2D eigenvalue weighted by molar-refractivity contribution is -0.0190. The molecule has 1 unspecified atom stereocenters. The number of aliphatic hydroxyl groups excluding tert-OH is 1. The number of nitrogens with zero attached hydrogens (tertiary/aromatic N) is 2. The smallest absolute Gasteiger partial charge is 0.270 e. The first-order valence-corrected chi connectivity index (χ1v) is 6.97. The van der Waals surface area contributed by atoms with E-state index in [1.807, 2.05) is 18.3 Å². The van der Waals surface area contributed by atoms with Gasteiger partial charge in [-0.3, -0.25) is 4.79 Å². The molecule has 0 spiro atoms. The third-order valence-electron chi connectivity index (χ3n) is 4.17. The van der Waals surface area contributed by atoms with Gasteiger partial charge in [0.2, 0.25) is 0 Å². The lowest BCUT2D eigenvalue weighted by Gasteiger charge is -2.36. The summed E-state index contributed by atoms with van der Waals surface area (Å²) in [6, 6.07) is 4.07. The molecule has 1 atom stereocenters. The molecular weight excluding hydrogens is 244 g/mol. The van der Waals surface area contributed by atoms with Gasteiger partial charge in [0, 0.05) is 18.8 Å². The van der Waals surface area contributed by atoms with Crippen LogP contribution in [-0.4, -0.2) is 52.9 Å². The van der Waals surface area contributed by atoms with E-state index in [4.69, 9.17) is 4.74 Å². The first-order valence-electron chi connectivity index (χ1n) is 6.97. The number of hydrogen-bond acceptors (Lipinski definition) is 3. The van der Waals surface area contributed by atoms with Crippen LogP contribution in [0, 0.1) is 0 Å². The average Bonchev–Trinajstić information content (AvgIpc) is 2.85. The number of aromatic nitrogens is 1. The number of aliphatic hydroxyl groups is 1. The summed E-state index contributed by atoms with van der Waals surface area (Å²) in [5, 5.41) is 9.36. The molecule has 1 saturated heterocycles. The maximum absolute atomic E-state index is 12.6. The molecule has 1 amide bonds. The van der Waals surface area contributed by atoms with Crippen LogP contribution in [0.1, 0.15) is 35.8 Å². The summed E-state index contributed by atoms with van der Waals surface area (Å²) >= 11 is 0. The Morgan fingerprint density at radius 1 is 1.47 bits per heavy atom. The third-order valence-corrected chi connectivity index (χ3v) is 4.17. The second-order valence-electron chi connectivity index (χ2n) is 5.30. The monoisotopic (exact) mass is 264 g/mol. The lowest BCUT2D eigenvalue weighted by Crippen LogP contribution is -2.51. The number of amides is 1. The molecule has 1 aromatic rings. The number of rotatable bonds is 3. The maximum atomic E-state index is 12.6. The molecule has 1 saturated carbocycles. The molecule has 1 aromatic heterocycles. The Bertz CT molecular complexity index is 453. The van der Waals surface area contributed by atoms with Crippen molar-refractivity contribution in [2.24, 2.45) is 0 Å². The highest BCUT2D eigenvalue weighted by Crippen LogP contribution is 2.33. The first kappa shape index (κ1) is 12.7. The van der Waals surface area contributed by atoms with Gasteiger partial charge < -0.3 is 19.3 Å². The van der Waals surface area contributed by atoms with Crippen LogP contribution in [0.3, 0.4) is 0 Å². The summed E-state index contributed by atoms with van der Waals surface area (Å²) in [6.07, 6.45) is 5.54. The molecule has 2 heterocycles. The van der Waals surface area contributed by atoms with E-state index in [1.54, 1.807) is 4.90 Å². The van der Waals surface area contributed by atoms with Crippen LogP contribution < -0.4 is 0 Å². The quantitative estimate of drug-likeness (QED) is 0.887. The van der Waals surface area contributed by atoms with Crippen molar-refractivity contribution in [2.75, 3.05) is 26.4 Å². The highest BCUT2D eigenvalue weighted by atomic mass is 16.5. The zero-order chi connectivity index (χ0) is 13.2. The minimum Gasteiger partial charge on any atom is -0.394 e. The fourth-order valence-electron chi connectivity index (χ4n) is 2.78. The number of carbonyl (C=O) groups excluding carboxylic acids is 1. The highest BCUT2D eigenvalue weighted by molar-refractivity contribution is 5.93. The zero-order valence-electron chi connectivity index (χ0n) is 11.0. The van der Waals surface area contributed by atoms with Crippen LogP contribution in [-0.2, 0) is 4.74 Å². The molecule has 0 bridgehead atoms. The highest BCUT2D eigenvalue weighted by Gasteiger charge is 2.31. The Morgan fingerprint density at radius 2 is 2.32 bits per heavy atom. The van der Waals surface area contributed by atoms with Gasteiger partial charge in [0.05, 0.1) is 25.9 Å². The number of ether oxygens (including phenoxy) is 1. The zero-order valence-corrected chi connectivity index (χ0v) is 11.0.